The summed E-state index contributed by atoms with van der Waals surface area (Å²) < 4.78 is 24.2. The number of carboxylic acids is 1. The van der Waals surface area contributed by atoms with Gasteiger partial charge < -0.3 is 24.1 Å². The lowest BCUT2D eigenvalue weighted by molar-refractivity contribution is -0.135. The molecule has 0 radical (unpaired) electrons. The Morgan fingerprint density at radius 1 is 0.516 bits per heavy atom. The van der Waals surface area contributed by atoms with Crippen LogP contribution in [0.5, 0.6) is 23.0 Å². The standard InChI is InChI=1S/C53H72O9/c1-3-5-7-9-11-13-15-17-19-21-23-25-27-32-48(54)59-40-34-36-43-46(38-40)61-47-39-41(60-49(55)33-28-26-24-22-20-18-16-14-12-10-8-6-4-2)35-37-44(47)53(43)45-31-29-30-42(51(56)57)50(45)52(58)62-53/h29-31,34-39H,3-28,32-33H2,1-2H3,(H,56,57). The number of carboxylic acid groups (broad SMARTS) is 1. The molecule has 0 saturated heterocycles. The number of unbranched alkanes of at least 4 members (excludes halogenated alkanes) is 24. The van der Waals surface area contributed by atoms with E-state index >= 15 is 0 Å². The third-order valence-corrected chi connectivity index (χ3v) is 12.4. The van der Waals surface area contributed by atoms with E-state index in [1.165, 1.54) is 134 Å². The number of hydrogen-bond donors (Lipinski definition) is 1. The average Bonchev–Trinajstić information content (AvgIpc) is 3.55. The van der Waals surface area contributed by atoms with Crippen LogP contribution in [-0.2, 0) is 19.9 Å². The van der Waals surface area contributed by atoms with Gasteiger partial charge in [0.25, 0.3) is 0 Å². The zero-order valence-corrected chi connectivity index (χ0v) is 37.7. The zero-order chi connectivity index (χ0) is 44.0. The second-order valence-electron chi connectivity index (χ2n) is 17.5. The fourth-order valence-electron chi connectivity index (χ4n) is 8.97. The molecule has 0 amide bonds. The molecule has 2 heterocycles. The van der Waals surface area contributed by atoms with Crippen LogP contribution in [0.15, 0.2) is 54.6 Å². The highest BCUT2D eigenvalue weighted by Gasteiger charge is 2.54. The maximum absolute atomic E-state index is 13.6. The summed E-state index contributed by atoms with van der Waals surface area (Å²) in [6, 6.07) is 14.5. The summed E-state index contributed by atoms with van der Waals surface area (Å²) in [4.78, 5) is 51.7. The van der Waals surface area contributed by atoms with Gasteiger partial charge in [-0.05, 0) is 43.2 Å². The Labute approximate surface area is 370 Å². The van der Waals surface area contributed by atoms with E-state index in [0.717, 1.165) is 38.5 Å². The van der Waals surface area contributed by atoms with Crippen LogP contribution in [0.3, 0.4) is 0 Å². The largest absolute Gasteiger partial charge is 0.478 e. The Morgan fingerprint density at radius 3 is 1.29 bits per heavy atom. The lowest BCUT2D eigenvalue weighted by Crippen LogP contribution is -2.33. The molecule has 1 spiro atoms. The monoisotopic (exact) mass is 853 g/mol. The van der Waals surface area contributed by atoms with Gasteiger partial charge in [-0.2, -0.15) is 0 Å². The van der Waals surface area contributed by atoms with Gasteiger partial charge >= 0.3 is 23.9 Å². The van der Waals surface area contributed by atoms with Crippen molar-refractivity contribution in [2.45, 2.75) is 199 Å². The van der Waals surface area contributed by atoms with Crippen molar-refractivity contribution in [1.29, 1.82) is 0 Å². The fraction of sp³-hybridized carbons (Fsp3) is 0.585. The fourth-order valence-corrected chi connectivity index (χ4v) is 8.97. The number of carbonyl (C=O) groups excluding carboxylic acids is 3. The highest BCUT2D eigenvalue weighted by molar-refractivity contribution is 6.06. The molecule has 3 aromatic rings. The van der Waals surface area contributed by atoms with Crippen LogP contribution in [0.4, 0.5) is 0 Å². The molecule has 1 N–H and O–H groups in total. The van der Waals surface area contributed by atoms with Crippen molar-refractivity contribution < 1.29 is 43.2 Å². The Bertz CT molecular complexity index is 1800. The predicted octanol–water partition coefficient (Wildman–Crippen LogP) is 14.7. The topological polar surface area (TPSA) is 125 Å². The molecule has 0 fully saturated rings. The Morgan fingerprint density at radius 2 is 0.903 bits per heavy atom. The second-order valence-corrected chi connectivity index (χ2v) is 17.5. The third-order valence-electron chi connectivity index (χ3n) is 12.4. The van der Waals surface area contributed by atoms with Gasteiger partial charge in [-0.25, -0.2) is 9.59 Å². The lowest BCUT2D eigenvalue weighted by atomic mass is 9.77. The first-order valence-corrected chi connectivity index (χ1v) is 24.3. The molecule has 2 aliphatic heterocycles. The van der Waals surface area contributed by atoms with Crippen molar-refractivity contribution in [3.8, 4) is 23.0 Å². The number of carbonyl (C=O) groups is 4. The molecular weight excluding hydrogens is 781 g/mol. The number of rotatable bonds is 31. The molecule has 2 aliphatic rings. The minimum Gasteiger partial charge on any atom is -0.478 e. The normalized spacial score (nSPS) is 13.2. The van der Waals surface area contributed by atoms with Crippen LogP contribution in [0, 0.1) is 0 Å². The van der Waals surface area contributed by atoms with E-state index in [1.807, 2.05) is 0 Å². The number of hydrogen-bond acceptors (Lipinski definition) is 8. The molecule has 0 atom stereocenters. The van der Waals surface area contributed by atoms with Crippen molar-refractivity contribution in [2.24, 2.45) is 0 Å². The summed E-state index contributed by atoms with van der Waals surface area (Å²) in [6.45, 7) is 4.50. The Hall–Kier alpha value is -4.66. The average molecular weight is 853 g/mol. The Kier molecular flexibility index (Phi) is 20.3. The summed E-state index contributed by atoms with van der Waals surface area (Å²) in [6.07, 6.45) is 32.2. The van der Waals surface area contributed by atoms with Crippen LogP contribution >= 0.6 is 0 Å². The number of esters is 3. The molecule has 3 aromatic carbocycles. The minimum absolute atomic E-state index is 0.0413. The number of benzene rings is 3. The predicted molar refractivity (Wildman–Crippen MR) is 244 cm³/mol. The summed E-state index contributed by atoms with van der Waals surface area (Å²) >= 11 is 0. The Balaban J connectivity index is 1.16. The van der Waals surface area contributed by atoms with E-state index in [0.29, 0.717) is 29.5 Å². The van der Waals surface area contributed by atoms with E-state index in [4.69, 9.17) is 18.9 Å². The second kappa shape index (κ2) is 26.1. The summed E-state index contributed by atoms with van der Waals surface area (Å²) in [5.41, 5.74) is -0.523. The van der Waals surface area contributed by atoms with Crippen molar-refractivity contribution in [1.82, 2.24) is 0 Å². The third kappa shape index (κ3) is 13.9. The first-order valence-electron chi connectivity index (χ1n) is 24.3. The smallest absolute Gasteiger partial charge is 0.341 e. The first-order chi connectivity index (χ1) is 30.3. The summed E-state index contributed by atoms with van der Waals surface area (Å²) in [5.74, 6) is -1.65. The zero-order valence-electron chi connectivity index (χ0n) is 37.7. The van der Waals surface area contributed by atoms with Gasteiger partial charge in [0.2, 0.25) is 0 Å². The van der Waals surface area contributed by atoms with Gasteiger partial charge in [-0.3, -0.25) is 9.59 Å². The number of ether oxygens (including phenoxy) is 4. The number of fused-ring (bicyclic) bond motifs is 6. The maximum atomic E-state index is 13.6. The highest BCUT2D eigenvalue weighted by atomic mass is 16.6. The van der Waals surface area contributed by atoms with Crippen LogP contribution in [0.25, 0.3) is 0 Å². The van der Waals surface area contributed by atoms with Crippen molar-refractivity contribution in [3.05, 3.63) is 82.4 Å². The molecule has 62 heavy (non-hydrogen) atoms. The quantitative estimate of drug-likeness (QED) is 0.0382. The first kappa shape index (κ1) is 48.4. The molecule has 0 aliphatic carbocycles. The van der Waals surface area contributed by atoms with Crippen LogP contribution < -0.4 is 14.2 Å². The molecule has 0 bridgehead atoms. The van der Waals surface area contributed by atoms with Crippen LogP contribution in [0.2, 0.25) is 0 Å². The lowest BCUT2D eigenvalue weighted by Gasteiger charge is -2.36. The molecule has 338 valence electrons. The van der Waals surface area contributed by atoms with Crippen LogP contribution in [0.1, 0.15) is 231 Å². The highest BCUT2D eigenvalue weighted by Crippen LogP contribution is 2.57. The van der Waals surface area contributed by atoms with E-state index in [2.05, 4.69) is 13.8 Å². The number of aromatic carboxylic acids is 1. The van der Waals surface area contributed by atoms with Gasteiger partial charge in [0, 0.05) is 41.7 Å². The van der Waals surface area contributed by atoms with E-state index in [9.17, 15) is 24.3 Å². The van der Waals surface area contributed by atoms with Gasteiger partial charge in [0.05, 0.1) is 11.1 Å². The molecule has 0 saturated carbocycles. The van der Waals surface area contributed by atoms with Gasteiger partial charge in [0.15, 0.2) is 5.60 Å². The minimum atomic E-state index is -1.56. The molecule has 5 rings (SSSR count). The molecule has 9 nitrogen and oxygen atoms in total. The van der Waals surface area contributed by atoms with Gasteiger partial charge in [0.1, 0.15) is 23.0 Å². The maximum Gasteiger partial charge on any atom is 0.341 e. The molecule has 9 heteroatoms. The van der Waals surface area contributed by atoms with E-state index < -0.39 is 17.5 Å². The molecule has 0 unspecified atom stereocenters. The van der Waals surface area contributed by atoms with E-state index in [1.54, 1.807) is 48.5 Å². The van der Waals surface area contributed by atoms with Crippen molar-refractivity contribution >= 4 is 23.9 Å². The van der Waals surface area contributed by atoms with Crippen LogP contribution in [-0.4, -0.2) is 29.0 Å². The van der Waals surface area contributed by atoms with Gasteiger partial charge in [-0.15, -0.1) is 0 Å². The van der Waals surface area contributed by atoms with Crippen molar-refractivity contribution in [2.75, 3.05) is 0 Å². The SMILES string of the molecule is CCCCCCCCCCCCCCCC(=O)Oc1ccc2c(c1)Oc1cc(OC(=O)CCCCCCCCCCCCCCC)ccc1C21OC(=O)c2c(C(=O)O)cccc21. The van der Waals surface area contributed by atoms with Crippen molar-refractivity contribution in [3.63, 3.8) is 0 Å². The molecular formula is C53H72O9. The van der Waals surface area contributed by atoms with Gasteiger partial charge in [-0.1, -0.05) is 180 Å². The van der Waals surface area contributed by atoms with E-state index in [-0.39, 0.29) is 46.1 Å². The summed E-state index contributed by atoms with van der Waals surface area (Å²) in [5, 5.41) is 10.00. The molecule has 0 aromatic heterocycles. The summed E-state index contributed by atoms with van der Waals surface area (Å²) in [7, 11) is 0.